The fourth-order valence-electron chi connectivity index (χ4n) is 2.60. The molecule has 102 valence electrons. The van der Waals surface area contributed by atoms with E-state index in [1.807, 2.05) is 4.68 Å². The average molecular weight is 272 g/mol. The van der Waals surface area contributed by atoms with E-state index in [0.717, 1.165) is 24.7 Å². The number of nitrogens with one attached hydrogen (secondary N) is 1. The van der Waals surface area contributed by atoms with Crippen molar-refractivity contribution >= 4 is 11.6 Å². The predicted octanol–water partition coefficient (Wildman–Crippen LogP) is 2.29. The molecular weight excluding hydrogens is 250 g/mol. The maximum Gasteiger partial charge on any atom is 0.0820 e. The lowest BCUT2D eigenvalue weighted by Crippen LogP contribution is -2.35. The summed E-state index contributed by atoms with van der Waals surface area (Å²) in [7, 11) is 1.71. The minimum Gasteiger partial charge on any atom is -0.383 e. The summed E-state index contributed by atoms with van der Waals surface area (Å²) in [5.41, 5.74) is 1.20. The lowest BCUT2D eigenvalue weighted by atomic mass is 9.71. The van der Waals surface area contributed by atoms with Crippen LogP contribution < -0.4 is 5.32 Å². The normalized spacial score (nSPS) is 23.1. The number of rotatable bonds is 7. The van der Waals surface area contributed by atoms with Crippen LogP contribution in [0.25, 0.3) is 0 Å². The first kappa shape index (κ1) is 13.8. The molecule has 1 heterocycles. The quantitative estimate of drug-likeness (QED) is 0.827. The second kappa shape index (κ2) is 6.55. The van der Waals surface area contributed by atoms with Crippen LogP contribution in [0.15, 0.2) is 6.20 Å². The third-order valence-corrected chi connectivity index (χ3v) is 4.06. The number of methoxy groups -OCH3 is 1. The van der Waals surface area contributed by atoms with E-state index in [2.05, 4.69) is 17.3 Å². The number of aromatic nitrogens is 2. The van der Waals surface area contributed by atoms with E-state index in [9.17, 15) is 0 Å². The SMILES string of the molecule is CCNCC1CCC1c1c(Cl)cnn1CCOC. The highest BCUT2D eigenvalue weighted by atomic mass is 35.5. The molecule has 2 unspecified atom stereocenters. The molecule has 2 rings (SSSR count). The summed E-state index contributed by atoms with van der Waals surface area (Å²) < 4.78 is 7.13. The Bertz CT molecular complexity index is 380. The van der Waals surface area contributed by atoms with Crippen LogP contribution in [0.2, 0.25) is 5.02 Å². The maximum absolute atomic E-state index is 6.29. The zero-order valence-electron chi connectivity index (χ0n) is 11.2. The molecule has 0 spiro atoms. The molecule has 0 bridgehead atoms. The van der Waals surface area contributed by atoms with Crippen LogP contribution in [-0.4, -0.2) is 36.6 Å². The molecule has 1 fully saturated rings. The molecular formula is C13H22ClN3O. The van der Waals surface area contributed by atoms with Gasteiger partial charge in [0.05, 0.1) is 30.1 Å². The van der Waals surface area contributed by atoms with Crippen LogP contribution in [0.3, 0.4) is 0 Å². The third kappa shape index (κ3) is 2.87. The van der Waals surface area contributed by atoms with Crippen LogP contribution in [0.1, 0.15) is 31.4 Å². The molecule has 2 atom stereocenters. The molecule has 0 amide bonds. The van der Waals surface area contributed by atoms with Crippen LogP contribution in [0.4, 0.5) is 0 Å². The summed E-state index contributed by atoms with van der Waals surface area (Å²) in [4.78, 5) is 0. The van der Waals surface area contributed by atoms with Gasteiger partial charge in [-0.25, -0.2) is 0 Å². The van der Waals surface area contributed by atoms with Crippen molar-refractivity contribution in [2.75, 3.05) is 26.8 Å². The van der Waals surface area contributed by atoms with Crippen LogP contribution in [-0.2, 0) is 11.3 Å². The van der Waals surface area contributed by atoms with Crippen molar-refractivity contribution < 1.29 is 4.74 Å². The van der Waals surface area contributed by atoms with Crippen molar-refractivity contribution in [2.45, 2.75) is 32.2 Å². The van der Waals surface area contributed by atoms with E-state index in [0.29, 0.717) is 18.4 Å². The molecule has 0 aromatic carbocycles. The highest BCUT2D eigenvalue weighted by molar-refractivity contribution is 6.31. The molecule has 1 aromatic heterocycles. The Labute approximate surface area is 114 Å². The van der Waals surface area contributed by atoms with E-state index in [1.54, 1.807) is 13.3 Å². The van der Waals surface area contributed by atoms with Gasteiger partial charge in [0.1, 0.15) is 0 Å². The van der Waals surface area contributed by atoms with Crippen molar-refractivity contribution in [1.82, 2.24) is 15.1 Å². The van der Waals surface area contributed by atoms with Gasteiger partial charge in [-0.3, -0.25) is 4.68 Å². The largest absolute Gasteiger partial charge is 0.383 e. The van der Waals surface area contributed by atoms with Crippen molar-refractivity contribution in [3.05, 3.63) is 16.9 Å². The molecule has 4 nitrogen and oxygen atoms in total. The lowest BCUT2D eigenvalue weighted by Gasteiger charge is -2.37. The molecule has 0 radical (unpaired) electrons. The Hall–Kier alpha value is -0.580. The molecule has 1 aliphatic rings. The average Bonchev–Trinajstić information content (AvgIpc) is 2.68. The second-order valence-corrected chi connectivity index (χ2v) is 5.25. The molecule has 1 aliphatic carbocycles. The summed E-state index contributed by atoms with van der Waals surface area (Å²) in [6.07, 6.45) is 4.26. The summed E-state index contributed by atoms with van der Waals surface area (Å²) >= 11 is 6.29. The van der Waals surface area contributed by atoms with Gasteiger partial charge in [0, 0.05) is 13.0 Å². The highest BCUT2D eigenvalue weighted by Gasteiger charge is 2.35. The predicted molar refractivity (Wildman–Crippen MR) is 73.1 cm³/mol. The third-order valence-electron chi connectivity index (χ3n) is 3.77. The maximum atomic E-state index is 6.29. The smallest absolute Gasteiger partial charge is 0.0820 e. The van der Waals surface area contributed by atoms with E-state index < -0.39 is 0 Å². The first-order chi connectivity index (χ1) is 8.77. The zero-order valence-corrected chi connectivity index (χ0v) is 11.9. The fraction of sp³-hybridized carbons (Fsp3) is 0.769. The first-order valence-electron chi connectivity index (χ1n) is 6.68. The highest BCUT2D eigenvalue weighted by Crippen LogP contribution is 2.44. The van der Waals surface area contributed by atoms with Crippen molar-refractivity contribution in [3.63, 3.8) is 0 Å². The van der Waals surface area contributed by atoms with Gasteiger partial charge < -0.3 is 10.1 Å². The number of ether oxygens (including phenoxy) is 1. The van der Waals surface area contributed by atoms with E-state index in [-0.39, 0.29) is 0 Å². The topological polar surface area (TPSA) is 39.1 Å². The monoisotopic (exact) mass is 271 g/mol. The van der Waals surface area contributed by atoms with Gasteiger partial charge in [-0.2, -0.15) is 5.10 Å². The van der Waals surface area contributed by atoms with Crippen LogP contribution >= 0.6 is 11.6 Å². The van der Waals surface area contributed by atoms with Crippen molar-refractivity contribution in [3.8, 4) is 0 Å². The Morgan fingerprint density at radius 1 is 1.56 bits per heavy atom. The minimum absolute atomic E-state index is 0.552. The molecule has 18 heavy (non-hydrogen) atoms. The Balaban J connectivity index is 2.04. The van der Waals surface area contributed by atoms with Gasteiger partial charge in [0.25, 0.3) is 0 Å². The first-order valence-corrected chi connectivity index (χ1v) is 7.06. The van der Waals surface area contributed by atoms with Crippen LogP contribution in [0.5, 0.6) is 0 Å². The van der Waals surface area contributed by atoms with Gasteiger partial charge in [-0.1, -0.05) is 18.5 Å². The standard InChI is InChI=1S/C13H22ClN3O/c1-3-15-8-10-4-5-11(10)13-12(14)9-16-17(13)6-7-18-2/h9-11,15H,3-8H2,1-2H3. The number of hydrogen-bond acceptors (Lipinski definition) is 3. The minimum atomic E-state index is 0.552. The van der Waals surface area contributed by atoms with E-state index in [4.69, 9.17) is 16.3 Å². The summed E-state index contributed by atoms with van der Waals surface area (Å²) in [5.74, 6) is 1.25. The van der Waals surface area contributed by atoms with Gasteiger partial charge in [-0.15, -0.1) is 0 Å². The molecule has 0 aliphatic heterocycles. The number of nitrogens with zero attached hydrogens (tertiary/aromatic N) is 2. The van der Waals surface area contributed by atoms with Crippen molar-refractivity contribution in [2.24, 2.45) is 5.92 Å². The van der Waals surface area contributed by atoms with Gasteiger partial charge in [0.15, 0.2) is 0 Å². The molecule has 5 heteroatoms. The van der Waals surface area contributed by atoms with Gasteiger partial charge in [0.2, 0.25) is 0 Å². The van der Waals surface area contributed by atoms with Crippen molar-refractivity contribution in [1.29, 1.82) is 0 Å². The van der Waals surface area contributed by atoms with Gasteiger partial charge >= 0.3 is 0 Å². The second-order valence-electron chi connectivity index (χ2n) is 4.85. The molecule has 0 saturated heterocycles. The molecule has 1 N–H and O–H groups in total. The Morgan fingerprint density at radius 3 is 3.00 bits per heavy atom. The van der Waals surface area contributed by atoms with E-state index in [1.165, 1.54) is 18.5 Å². The van der Waals surface area contributed by atoms with Gasteiger partial charge in [-0.05, 0) is 31.8 Å². The zero-order chi connectivity index (χ0) is 13.0. The number of halogens is 1. The summed E-state index contributed by atoms with van der Waals surface area (Å²) in [6.45, 7) is 5.70. The summed E-state index contributed by atoms with van der Waals surface area (Å²) in [5, 5.41) is 8.59. The molecule has 1 saturated carbocycles. The molecule has 1 aromatic rings. The number of hydrogen-bond donors (Lipinski definition) is 1. The van der Waals surface area contributed by atoms with E-state index >= 15 is 0 Å². The Kier molecular flexibility index (Phi) is 5.03. The fourth-order valence-corrected chi connectivity index (χ4v) is 2.88. The Morgan fingerprint density at radius 2 is 2.39 bits per heavy atom. The lowest BCUT2D eigenvalue weighted by molar-refractivity contribution is 0.176. The van der Waals surface area contributed by atoms with Crippen LogP contribution in [0, 0.1) is 5.92 Å². The summed E-state index contributed by atoms with van der Waals surface area (Å²) in [6, 6.07) is 0.